The van der Waals surface area contributed by atoms with Gasteiger partial charge < -0.3 is 14.1 Å². The van der Waals surface area contributed by atoms with E-state index < -0.39 is 18.0 Å². The van der Waals surface area contributed by atoms with Crippen LogP contribution in [0.25, 0.3) is 33.9 Å². The van der Waals surface area contributed by atoms with Gasteiger partial charge in [0.25, 0.3) is 0 Å². The zero-order valence-electron chi connectivity index (χ0n) is 15.6. The van der Waals surface area contributed by atoms with Gasteiger partial charge in [-0.05, 0) is 49.7 Å². The van der Waals surface area contributed by atoms with E-state index in [2.05, 4.69) is 15.2 Å². The summed E-state index contributed by atoms with van der Waals surface area (Å²) in [4.78, 5) is 3.80. The van der Waals surface area contributed by atoms with Gasteiger partial charge in [-0.3, -0.25) is 0 Å². The summed E-state index contributed by atoms with van der Waals surface area (Å²) in [6, 6.07) is 11.3. The van der Waals surface area contributed by atoms with Gasteiger partial charge in [-0.1, -0.05) is 12.1 Å². The van der Waals surface area contributed by atoms with E-state index in [1.165, 1.54) is 10.6 Å². The maximum Gasteiger partial charge on any atom is 0.449 e. The van der Waals surface area contributed by atoms with E-state index in [1.54, 1.807) is 50.2 Å². The van der Waals surface area contributed by atoms with Gasteiger partial charge in [-0.2, -0.15) is 13.2 Å². The highest BCUT2D eigenvalue weighted by molar-refractivity contribution is 5.81. The van der Waals surface area contributed by atoms with Gasteiger partial charge in [0.1, 0.15) is 0 Å². The first-order valence-electron chi connectivity index (χ1n) is 8.91. The molecule has 0 aliphatic carbocycles. The standard InChI is InChI=1S/C20H17F3N4O2/c1-11(2)27-16-7-6-14(9-15(16)24-19(27)20(21,22)23)18-26-25-17(29-18)13-5-3-4-12(8-13)10-28/h3-9,11,28H,10H2,1-2H3. The molecule has 4 aromatic rings. The van der Waals surface area contributed by atoms with Crippen molar-refractivity contribution in [3.8, 4) is 22.9 Å². The summed E-state index contributed by atoms with van der Waals surface area (Å²) < 4.78 is 47.0. The third-order valence-corrected chi connectivity index (χ3v) is 4.49. The Labute approximate surface area is 163 Å². The van der Waals surface area contributed by atoms with Crippen molar-refractivity contribution in [2.24, 2.45) is 0 Å². The molecule has 29 heavy (non-hydrogen) atoms. The summed E-state index contributed by atoms with van der Waals surface area (Å²) >= 11 is 0. The molecule has 2 aromatic heterocycles. The van der Waals surface area contributed by atoms with Crippen LogP contribution in [0.4, 0.5) is 13.2 Å². The van der Waals surface area contributed by atoms with Crippen LogP contribution in [0.2, 0.25) is 0 Å². The fourth-order valence-electron chi connectivity index (χ4n) is 3.21. The Morgan fingerprint density at radius 2 is 1.72 bits per heavy atom. The number of imidazole rings is 1. The van der Waals surface area contributed by atoms with Crippen molar-refractivity contribution < 1.29 is 22.7 Å². The maximum absolute atomic E-state index is 13.4. The van der Waals surface area contributed by atoms with Crippen molar-refractivity contribution in [1.29, 1.82) is 0 Å². The van der Waals surface area contributed by atoms with Crippen molar-refractivity contribution in [2.45, 2.75) is 32.7 Å². The second-order valence-electron chi connectivity index (χ2n) is 6.87. The van der Waals surface area contributed by atoms with Crippen LogP contribution in [0.5, 0.6) is 0 Å². The highest BCUT2D eigenvalue weighted by Gasteiger charge is 2.38. The maximum atomic E-state index is 13.4. The zero-order chi connectivity index (χ0) is 20.8. The number of fused-ring (bicyclic) bond motifs is 1. The molecule has 0 aliphatic rings. The Balaban J connectivity index is 1.77. The highest BCUT2D eigenvalue weighted by atomic mass is 19.4. The summed E-state index contributed by atoms with van der Waals surface area (Å²) in [5.74, 6) is -0.519. The first-order chi connectivity index (χ1) is 13.8. The fraction of sp³-hybridized carbons (Fsp3) is 0.250. The molecule has 6 nitrogen and oxygen atoms in total. The largest absolute Gasteiger partial charge is 0.449 e. The molecule has 0 bridgehead atoms. The number of rotatable bonds is 4. The Morgan fingerprint density at radius 1 is 1.03 bits per heavy atom. The first-order valence-corrected chi connectivity index (χ1v) is 8.91. The van der Waals surface area contributed by atoms with Gasteiger partial charge in [-0.25, -0.2) is 4.98 Å². The number of aliphatic hydroxyl groups is 1. The molecule has 150 valence electrons. The molecule has 0 saturated heterocycles. The van der Waals surface area contributed by atoms with E-state index >= 15 is 0 Å². The van der Waals surface area contributed by atoms with Gasteiger partial charge in [0.05, 0.1) is 17.6 Å². The number of aliphatic hydroxyl groups excluding tert-OH is 1. The number of benzene rings is 2. The van der Waals surface area contributed by atoms with Crippen LogP contribution in [-0.4, -0.2) is 24.9 Å². The highest BCUT2D eigenvalue weighted by Crippen LogP contribution is 2.35. The Hall–Kier alpha value is -3.20. The zero-order valence-corrected chi connectivity index (χ0v) is 15.6. The van der Waals surface area contributed by atoms with Gasteiger partial charge in [0.2, 0.25) is 17.6 Å². The summed E-state index contributed by atoms with van der Waals surface area (Å²) in [6.07, 6.45) is -4.56. The summed E-state index contributed by atoms with van der Waals surface area (Å²) in [7, 11) is 0. The van der Waals surface area contributed by atoms with Crippen molar-refractivity contribution in [1.82, 2.24) is 19.7 Å². The minimum Gasteiger partial charge on any atom is -0.416 e. The lowest BCUT2D eigenvalue weighted by Gasteiger charge is -2.14. The van der Waals surface area contributed by atoms with E-state index in [9.17, 15) is 18.3 Å². The predicted molar refractivity (Wildman–Crippen MR) is 99.8 cm³/mol. The van der Waals surface area contributed by atoms with E-state index in [0.29, 0.717) is 22.2 Å². The van der Waals surface area contributed by atoms with E-state index in [-0.39, 0.29) is 23.9 Å². The Kier molecular flexibility index (Phi) is 4.62. The van der Waals surface area contributed by atoms with E-state index in [1.807, 2.05) is 0 Å². The average molecular weight is 402 g/mol. The number of halogens is 3. The molecular formula is C20H17F3N4O2. The van der Waals surface area contributed by atoms with Crippen molar-refractivity contribution >= 4 is 11.0 Å². The van der Waals surface area contributed by atoms with Crippen LogP contribution in [0.15, 0.2) is 46.9 Å². The van der Waals surface area contributed by atoms with Crippen LogP contribution in [0.3, 0.4) is 0 Å². The van der Waals surface area contributed by atoms with Gasteiger partial charge >= 0.3 is 6.18 Å². The van der Waals surface area contributed by atoms with Gasteiger partial charge in [-0.15, -0.1) is 10.2 Å². The van der Waals surface area contributed by atoms with Crippen LogP contribution in [0.1, 0.15) is 31.3 Å². The third-order valence-electron chi connectivity index (χ3n) is 4.49. The number of nitrogens with zero attached hydrogens (tertiary/aromatic N) is 4. The molecule has 0 atom stereocenters. The molecule has 1 N–H and O–H groups in total. The SMILES string of the molecule is CC(C)n1c(C(F)(F)F)nc2cc(-c3nnc(-c4cccc(CO)c4)o3)ccc21. The van der Waals surface area contributed by atoms with Crippen molar-refractivity contribution in [3.63, 3.8) is 0 Å². The smallest absolute Gasteiger partial charge is 0.416 e. The lowest BCUT2D eigenvalue weighted by Crippen LogP contribution is -2.16. The predicted octanol–water partition coefficient (Wildman–Crippen LogP) is 4.85. The molecule has 0 radical (unpaired) electrons. The number of aromatic nitrogens is 4. The van der Waals surface area contributed by atoms with Gasteiger partial charge in [0, 0.05) is 17.2 Å². The number of hydrogen-bond donors (Lipinski definition) is 1. The molecule has 2 heterocycles. The average Bonchev–Trinajstić information content (AvgIpc) is 3.32. The number of alkyl halides is 3. The lowest BCUT2D eigenvalue weighted by molar-refractivity contribution is -0.147. The molecule has 0 fully saturated rings. The molecule has 0 saturated carbocycles. The Morgan fingerprint density at radius 3 is 2.34 bits per heavy atom. The van der Waals surface area contributed by atoms with E-state index in [0.717, 1.165) is 0 Å². The summed E-state index contributed by atoms with van der Waals surface area (Å²) in [5, 5.41) is 17.3. The fourth-order valence-corrected chi connectivity index (χ4v) is 3.21. The molecule has 0 aliphatic heterocycles. The topological polar surface area (TPSA) is 77.0 Å². The quantitative estimate of drug-likeness (QED) is 0.528. The lowest BCUT2D eigenvalue weighted by atomic mass is 10.1. The molecule has 0 spiro atoms. The third kappa shape index (κ3) is 3.49. The second-order valence-corrected chi connectivity index (χ2v) is 6.87. The van der Waals surface area contributed by atoms with Crippen LogP contribution in [-0.2, 0) is 12.8 Å². The van der Waals surface area contributed by atoms with Crippen molar-refractivity contribution in [2.75, 3.05) is 0 Å². The van der Waals surface area contributed by atoms with Crippen LogP contribution >= 0.6 is 0 Å². The minimum absolute atomic E-state index is 0.119. The monoisotopic (exact) mass is 402 g/mol. The molecule has 4 rings (SSSR count). The Bertz CT molecular complexity index is 1180. The van der Waals surface area contributed by atoms with Crippen LogP contribution in [0, 0.1) is 0 Å². The van der Waals surface area contributed by atoms with Gasteiger partial charge in [0.15, 0.2) is 0 Å². The molecule has 2 aromatic carbocycles. The molecular weight excluding hydrogens is 385 g/mol. The normalized spacial score (nSPS) is 12.2. The summed E-state index contributed by atoms with van der Waals surface area (Å²) in [6.45, 7) is 3.23. The summed E-state index contributed by atoms with van der Waals surface area (Å²) in [5.41, 5.74) is 2.39. The van der Waals surface area contributed by atoms with Crippen LogP contribution < -0.4 is 0 Å². The van der Waals surface area contributed by atoms with Crippen molar-refractivity contribution in [3.05, 3.63) is 53.9 Å². The first kappa shape index (κ1) is 19.1. The molecule has 0 amide bonds. The molecule has 0 unspecified atom stereocenters. The minimum atomic E-state index is -4.56. The van der Waals surface area contributed by atoms with E-state index in [4.69, 9.17) is 4.42 Å². The molecule has 9 heteroatoms. The second kappa shape index (κ2) is 7.00. The number of hydrogen-bond acceptors (Lipinski definition) is 5.